The zero-order valence-electron chi connectivity index (χ0n) is 22.6. The largest absolute Gasteiger partial charge is 0.495 e. The highest BCUT2D eigenvalue weighted by Crippen LogP contribution is 2.46. The van der Waals surface area contributed by atoms with Crippen LogP contribution >= 0.6 is 23.2 Å². The molecule has 1 saturated carbocycles. The molecule has 1 fully saturated rings. The summed E-state index contributed by atoms with van der Waals surface area (Å²) in [7, 11) is 7.06. The number of rotatable bonds is 9. The zero-order valence-corrected chi connectivity index (χ0v) is 24.1. The lowest BCUT2D eigenvalue weighted by Crippen LogP contribution is -2.50. The molecule has 0 bridgehead atoms. The second-order valence-electron chi connectivity index (χ2n) is 9.72. The maximum absolute atomic E-state index is 12.2. The minimum Gasteiger partial charge on any atom is -0.495 e. The lowest BCUT2D eigenvalue weighted by Gasteiger charge is -2.39. The molecule has 1 aliphatic rings. The first kappa shape index (κ1) is 28.5. The Kier molecular flexibility index (Phi) is 8.87. The maximum Gasteiger partial charge on any atom is 0.243 e. The Hall–Kier alpha value is -3.49. The van der Waals surface area contributed by atoms with Crippen LogP contribution in [0.3, 0.4) is 0 Å². The monoisotopic (exact) mass is 569 g/mol. The lowest BCUT2D eigenvalue weighted by atomic mass is 9.80. The maximum atomic E-state index is 12.2. The first-order valence-electron chi connectivity index (χ1n) is 12.6. The van der Waals surface area contributed by atoms with Crippen LogP contribution in [0.2, 0.25) is 10.0 Å². The van der Waals surface area contributed by atoms with Crippen molar-refractivity contribution in [1.29, 1.82) is 0 Å². The molecule has 0 aliphatic heterocycles. The van der Waals surface area contributed by atoms with E-state index in [4.69, 9.17) is 37.7 Å². The highest BCUT2D eigenvalue weighted by Gasteiger charge is 2.33. The van der Waals surface area contributed by atoms with Crippen molar-refractivity contribution in [1.82, 2.24) is 20.2 Å². The van der Waals surface area contributed by atoms with E-state index in [0.717, 1.165) is 41.4 Å². The molecule has 4 rings (SSSR count). The number of carbonyl (C=O) groups excluding carboxylic acids is 1. The van der Waals surface area contributed by atoms with E-state index in [2.05, 4.69) is 28.8 Å². The molecule has 8 nitrogen and oxygen atoms in total. The smallest absolute Gasteiger partial charge is 0.243 e. The first-order chi connectivity index (χ1) is 18.7. The van der Waals surface area contributed by atoms with Gasteiger partial charge in [-0.05, 0) is 43.0 Å². The van der Waals surface area contributed by atoms with Gasteiger partial charge in [0, 0.05) is 61.0 Å². The highest BCUT2D eigenvalue weighted by atomic mass is 35.5. The third-order valence-electron chi connectivity index (χ3n) is 7.17. The van der Waals surface area contributed by atoms with Crippen LogP contribution in [-0.4, -0.2) is 61.2 Å². The molecule has 206 valence electrons. The molecule has 0 spiro atoms. The predicted octanol–water partition coefficient (Wildman–Crippen LogP) is 5.95. The SMILES string of the molecule is C=CC(=O)N[C@H]1C[C@H](C(=C)N(C)C)CC[C@H]1Nc1ncc2cc(-c3c(Cl)c(OC)cc(OC)c3Cl)ccc2n1. The summed E-state index contributed by atoms with van der Waals surface area (Å²) in [5.41, 5.74) is 3.19. The normalized spacial score (nSPS) is 18.8. The summed E-state index contributed by atoms with van der Waals surface area (Å²) >= 11 is 13.2. The molecule has 0 saturated heterocycles. The number of allylic oxidation sites excluding steroid dienone is 1. The van der Waals surface area contributed by atoms with Crippen molar-refractivity contribution in [2.45, 2.75) is 31.3 Å². The van der Waals surface area contributed by atoms with Crippen molar-refractivity contribution in [2.75, 3.05) is 33.6 Å². The fourth-order valence-corrected chi connectivity index (χ4v) is 5.69. The van der Waals surface area contributed by atoms with Crippen molar-refractivity contribution in [2.24, 2.45) is 5.92 Å². The summed E-state index contributed by atoms with van der Waals surface area (Å²) in [6.07, 6.45) is 5.58. The predicted molar refractivity (Wildman–Crippen MR) is 158 cm³/mol. The summed E-state index contributed by atoms with van der Waals surface area (Å²) < 4.78 is 10.8. The van der Waals surface area contributed by atoms with Gasteiger partial charge < -0.3 is 25.0 Å². The lowest BCUT2D eigenvalue weighted by molar-refractivity contribution is -0.117. The average molecular weight is 571 g/mol. The van der Waals surface area contributed by atoms with Gasteiger partial charge in [0.2, 0.25) is 11.9 Å². The molecule has 3 aromatic rings. The van der Waals surface area contributed by atoms with Gasteiger partial charge in [-0.15, -0.1) is 0 Å². The number of hydrogen-bond donors (Lipinski definition) is 2. The van der Waals surface area contributed by atoms with Crippen LogP contribution in [0, 0.1) is 5.92 Å². The molecular formula is C29H33Cl2N5O3. The summed E-state index contributed by atoms with van der Waals surface area (Å²) in [6.45, 7) is 7.83. The molecule has 2 aromatic carbocycles. The van der Waals surface area contributed by atoms with Crippen molar-refractivity contribution >= 4 is 46.0 Å². The van der Waals surface area contributed by atoms with E-state index in [0.29, 0.717) is 33.1 Å². The van der Waals surface area contributed by atoms with E-state index in [1.165, 1.54) is 6.08 Å². The molecule has 0 unspecified atom stereocenters. The number of fused-ring (bicyclic) bond motifs is 1. The number of methoxy groups -OCH3 is 2. The van der Waals surface area contributed by atoms with Crippen LogP contribution in [-0.2, 0) is 4.79 Å². The van der Waals surface area contributed by atoms with Gasteiger partial charge in [-0.1, -0.05) is 42.4 Å². The molecule has 2 N–H and O–H groups in total. The quantitative estimate of drug-likeness (QED) is 0.308. The first-order valence-corrected chi connectivity index (χ1v) is 13.3. The summed E-state index contributed by atoms with van der Waals surface area (Å²) in [5, 5.41) is 8.12. The van der Waals surface area contributed by atoms with Crippen LogP contribution < -0.4 is 20.1 Å². The standard InChI is InChI=1S/C29H33Cl2N5O3/c1-7-25(37)33-22-13-17(16(2)36(3)4)8-11-21(22)35-29-32-15-19-12-18(9-10-20(19)34-29)26-27(30)23(38-5)14-24(39-6)28(26)31/h7,9-10,12,14-15,17,21-22H,1-2,8,11,13H2,3-6H3,(H,33,37)(H,32,34,35)/t17-,21-,22+/m1/s1. The van der Waals surface area contributed by atoms with Crippen LogP contribution in [0.1, 0.15) is 19.3 Å². The third kappa shape index (κ3) is 6.07. The highest BCUT2D eigenvalue weighted by molar-refractivity contribution is 6.41. The number of hydrogen-bond acceptors (Lipinski definition) is 7. The van der Waals surface area contributed by atoms with E-state index < -0.39 is 0 Å². The Balaban J connectivity index is 1.60. The number of carbonyl (C=O) groups is 1. The van der Waals surface area contributed by atoms with Gasteiger partial charge in [0.15, 0.2) is 0 Å². The Morgan fingerprint density at radius 2 is 1.79 bits per heavy atom. The number of halogens is 2. The second-order valence-corrected chi connectivity index (χ2v) is 10.5. The number of amides is 1. The third-order valence-corrected chi connectivity index (χ3v) is 7.92. The van der Waals surface area contributed by atoms with Gasteiger partial charge >= 0.3 is 0 Å². The van der Waals surface area contributed by atoms with Crippen molar-refractivity contribution in [3.05, 3.63) is 65.4 Å². The summed E-state index contributed by atoms with van der Waals surface area (Å²) in [4.78, 5) is 23.5. The Morgan fingerprint density at radius 3 is 2.41 bits per heavy atom. The number of anilines is 1. The molecule has 1 aliphatic carbocycles. The fourth-order valence-electron chi connectivity index (χ4n) is 4.98. The van der Waals surface area contributed by atoms with E-state index in [9.17, 15) is 4.79 Å². The number of nitrogens with zero attached hydrogens (tertiary/aromatic N) is 3. The van der Waals surface area contributed by atoms with Gasteiger partial charge in [-0.25, -0.2) is 9.97 Å². The molecule has 1 aromatic heterocycles. The molecular weight excluding hydrogens is 537 g/mol. The number of aromatic nitrogens is 2. The Bertz CT molecular complexity index is 1380. The molecule has 10 heteroatoms. The minimum absolute atomic E-state index is 0.0429. The zero-order chi connectivity index (χ0) is 28.3. The van der Waals surface area contributed by atoms with Crippen molar-refractivity contribution in [3.63, 3.8) is 0 Å². The van der Waals surface area contributed by atoms with Gasteiger partial charge in [-0.2, -0.15) is 0 Å². The van der Waals surface area contributed by atoms with E-state index in [-0.39, 0.29) is 23.9 Å². The molecule has 0 radical (unpaired) electrons. The van der Waals surface area contributed by atoms with Crippen LogP contribution in [0.15, 0.2) is 55.4 Å². The molecule has 1 amide bonds. The Labute approximate surface area is 239 Å². The van der Waals surface area contributed by atoms with E-state index in [1.54, 1.807) is 26.5 Å². The Morgan fingerprint density at radius 1 is 1.10 bits per heavy atom. The second kappa shape index (κ2) is 12.1. The fraction of sp³-hybridized carbons (Fsp3) is 0.345. The molecule has 39 heavy (non-hydrogen) atoms. The van der Waals surface area contributed by atoms with Crippen molar-refractivity contribution < 1.29 is 14.3 Å². The minimum atomic E-state index is -0.207. The number of benzene rings is 2. The van der Waals surface area contributed by atoms with Gasteiger partial charge in [0.25, 0.3) is 0 Å². The number of ether oxygens (including phenoxy) is 2. The average Bonchev–Trinajstić information content (AvgIpc) is 2.93. The van der Waals surface area contributed by atoms with E-state index >= 15 is 0 Å². The topological polar surface area (TPSA) is 88.6 Å². The van der Waals surface area contributed by atoms with E-state index in [1.807, 2.05) is 37.2 Å². The van der Waals surface area contributed by atoms with Gasteiger partial charge in [-0.3, -0.25) is 4.79 Å². The van der Waals surface area contributed by atoms with Crippen LogP contribution in [0.4, 0.5) is 5.95 Å². The van der Waals surface area contributed by atoms with Crippen molar-refractivity contribution in [3.8, 4) is 22.6 Å². The molecule has 1 heterocycles. The summed E-state index contributed by atoms with van der Waals surface area (Å²) in [5.74, 6) is 1.48. The van der Waals surface area contributed by atoms with Gasteiger partial charge in [0.1, 0.15) is 11.5 Å². The number of nitrogens with one attached hydrogen (secondary N) is 2. The van der Waals surface area contributed by atoms with Crippen LogP contribution in [0.25, 0.3) is 22.0 Å². The molecule has 3 atom stereocenters. The van der Waals surface area contributed by atoms with Crippen LogP contribution in [0.5, 0.6) is 11.5 Å². The summed E-state index contributed by atoms with van der Waals surface area (Å²) in [6, 6.07) is 7.21. The van der Waals surface area contributed by atoms with Gasteiger partial charge in [0.05, 0.1) is 29.8 Å².